The predicted molar refractivity (Wildman–Crippen MR) is 69.6 cm³/mol. The molecule has 0 saturated heterocycles. The van der Waals surface area contributed by atoms with Gasteiger partial charge in [-0.3, -0.25) is 0 Å². The van der Waals surface area contributed by atoms with Crippen molar-refractivity contribution in [1.29, 1.82) is 0 Å². The van der Waals surface area contributed by atoms with E-state index in [1.54, 1.807) is 20.8 Å². The highest BCUT2D eigenvalue weighted by Crippen LogP contribution is 2.07. The third kappa shape index (κ3) is 7.50. The molecular formula is C11H20BrNO5. The second-order valence-corrected chi connectivity index (χ2v) is 5.51. The van der Waals surface area contributed by atoms with Gasteiger partial charge in [0.1, 0.15) is 12.2 Å². The summed E-state index contributed by atoms with van der Waals surface area (Å²) in [7, 11) is 0. The van der Waals surface area contributed by atoms with Crippen molar-refractivity contribution in [2.75, 3.05) is 11.9 Å². The van der Waals surface area contributed by atoms with Crippen LogP contribution in [0.4, 0.5) is 4.79 Å². The number of ether oxygens (including phenoxy) is 2. The van der Waals surface area contributed by atoms with Crippen molar-refractivity contribution in [2.45, 2.75) is 45.4 Å². The predicted octanol–water partition coefficient (Wildman–Crippen LogP) is 1.20. The van der Waals surface area contributed by atoms with E-state index in [9.17, 15) is 14.7 Å². The maximum atomic E-state index is 11.6. The van der Waals surface area contributed by atoms with E-state index in [1.165, 1.54) is 6.92 Å². The molecule has 0 saturated carbocycles. The number of alkyl carbamates (subject to hydrolysis) is 1. The average molecular weight is 326 g/mol. The smallest absolute Gasteiger partial charge is 0.408 e. The summed E-state index contributed by atoms with van der Waals surface area (Å²) in [6, 6.07) is -1.14. The van der Waals surface area contributed by atoms with Crippen molar-refractivity contribution in [1.82, 2.24) is 5.32 Å². The Labute approximate surface area is 115 Å². The molecule has 6 nitrogen and oxygen atoms in total. The molecule has 18 heavy (non-hydrogen) atoms. The Morgan fingerprint density at radius 1 is 1.39 bits per heavy atom. The fraction of sp³-hybridized carbons (Fsp3) is 0.818. The largest absolute Gasteiger partial charge is 0.463 e. The lowest BCUT2D eigenvalue weighted by atomic mass is 10.2. The van der Waals surface area contributed by atoms with Crippen LogP contribution < -0.4 is 5.32 Å². The van der Waals surface area contributed by atoms with Crippen LogP contribution in [-0.4, -0.2) is 46.9 Å². The first-order valence-electron chi connectivity index (χ1n) is 5.57. The summed E-state index contributed by atoms with van der Waals surface area (Å²) in [4.78, 5) is 23.1. The summed E-state index contributed by atoms with van der Waals surface area (Å²) in [6.45, 7) is 6.66. The molecule has 0 aromatic heterocycles. The minimum atomic E-state index is -1.14. The van der Waals surface area contributed by atoms with Crippen LogP contribution in [0, 0.1) is 0 Å². The van der Waals surface area contributed by atoms with Crippen molar-refractivity contribution in [3.63, 3.8) is 0 Å². The molecule has 0 heterocycles. The third-order valence-electron chi connectivity index (χ3n) is 1.73. The maximum absolute atomic E-state index is 11.6. The number of hydrogen-bond donors (Lipinski definition) is 2. The molecule has 0 bridgehead atoms. The van der Waals surface area contributed by atoms with Gasteiger partial charge in [0.15, 0.2) is 6.04 Å². The lowest BCUT2D eigenvalue weighted by Gasteiger charge is -2.24. The molecule has 106 valence electrons. The topological polar surface area (TPSA) is 84.9 Å². The summed E-state index contributed by atoms with van der Waals surface area (Å²) in [5.74, 6) is -0.699. The van der Waals surface area contributed by atoms with E-state index in [2.05, 4.69) is 21.2 Å². The van der Waals surface area contributed by atoms with Crippen molar-refractivity contribution in [2.24, 2.45) is 0 Å². The molecule has 0 aliphatic rings. The Bertz CT molecular complexity index is 288. The third-order valence-corrected chi connectivity index (χ3v) is 2.05. The highest BCUT2D eigenvalue weighted by molar-refractivity contribution is 9.09. The molecule has 0 unspecified atom stereocenters. The number of amides is 1. The van der Waals surface area contributed by atoms with Crippen molar-refractivity contribution >= 4 is 28.0 Å². The minimum absolute atomic E-state index is 0.165. The number of carbonyl (C=O) groups is 2. The number of esters is 1. The maximum Gasteiger partial charge on any atom is 0.408 e. The van der Waals surface area contributed by atoms with Crippen LogP contribution in [0.25, 0.3) is 0 Å². The van der Waals surface area contributed by atoms with Gasteiger partial charge in [-0.25, -0.2) is 9.59 Å². The van der Waals surface area contributed by atoms with Crippen LogP contribution in [0.2, 0.25) is 0 Å². The van der Waals surface area contributed by atoms with Gasteiger partial charge >= 0.3 is 12.1 Å². The molecule has 0 aromatic rings. The van der Waals surface area contributed by atoms with Crippen molar-refractivity contribution < 1.29 is 24.2 Å². The first-order valence-corrected chi connectivity index (χ1v) is 6.69. The second-order valence-electron chi connectivity index (χ2n) is 4.72. The average Bonchev–Trinajstić information content (AvgIpc) is 2.19. The van der Waals surface area contributed by atoms with E-state index in [0.29, 0.717) is 5.33 Å². The summed E-state index contributed by atoms with van der Waals surface area (Å²) < 4.78 is 9.82. The molecule has 0 rings (SSSR count). The summed E-state index contributed by atoms with van der Waals surface area (Å²) >= 11 is 3.10. The van der Waals surface area contributed by atoms with Gasteiger partial charge < -0.3 is 19.9 Å². The number of halogens is 1. The Morgan fingerprint density at radius 2 is 1.94 bits per heavy atom. The molecule has 0 fully saturated rings. The number of alkyl halides is 1. The Morgan fingerprint density at radius 3 is 2.33 bits per heavy atom. The zero-order valence-electron chi connectivity index (χ0n) is 11.0. The standard InChI is InChI=1S/C11H20BrNO5/c1-7(14)8(9(15)17-6-5-12)13-10(16)18-11(2,3)4/h7-8,14H,5-6H2,1-4H3,(H,13,16)/t7-,8+/m1/s1. The van der Waals surface area contributed by atoms with Gasteiger partial charge in [-0.15, -0.1) is 0 Å². The zero-order chi connectivity index (χ0) is 14.3. The highest BCUT2D eigenvalue weighted by Gasteiger charge is 2.29. The van der Waals surface area contributed by atoms with E-state index in [0.717, 1.165) is 0 Å². The Kier molecular flexibility index (Phi) is 7.23. The van der Waals surface area contributed by atoms with Crippen LogP contribution >= 0.6 is 15.9 Å². The first kappa shape index (κ1) is 17.2. The normalized spacial score (nSPS) is 14.6. The SMILES string of the molecule is C[C@@H](O)[C@H](NC(=O)OC(C)(C)C)C(=O)OCCBr. The molecule has 1 amide bonds. The van der Waals surface area contributed by atoms with Crippen LogP contribution in [0.15, 0.2) is 0 Å². The summed E-state index contributed by atoms with van der Waals surface area (Å²) in [6.07, 6.45) is -1.84. The van der Waals surface area contributed by atoms with Crippen molar-refractivity contribution in [3.05, 3.63) is 0 Å². The number of hydrogen-bond acceptors (Lipinski definition) is 5. The van der Waals surface area contributed by atoms with E-state index in [-0.39, 0.29) is 6.61 Å². The number of aliphatic hydroxyl groups excluding tert-OH is 1. The number of rotatable bonds is 5. The number of carbonyl (C=O) groups excluding carboxylic acids is 2. The van der Waals surface area contributed by atoms with E-state index in [4.69, 9.17) is 9.47 Å². The Balaban J connectivity index is 4.45. The quantitative estimate of drug-likeness (QED) is 0.586. The number of nitrogens with one attached hydrogen (secondary N) is 1. The van der Waals surface area contributed by atoms with Crippen LogP contribution in [0.5, 0.6) is 0 Å². The van der Waals surface area contributed by atoms with E-state index < -0.39 is 29.8 Å². The van der Waals surface area contributed by atoms with Gasteiger partial charge in [-0.05, 0) is 27.7 Å². The van der Waals surface area contributed by atoms with Crippen LogP contribution in [0.3, 0.4) is 0 Å². The van der Waals surface area contributed by atoms with Gasteiger partial charge in [-0.1, -0.05) is 15.9 Å². The van der Waals surface area contributed by atoms with Gasteiger partial charge in [0.05, 0.1) is 6.10 Å². The van der Waals surface area contributed by atoms with Gasteiger partial charge in [0.25, 0.3) is 0 Å². The lowest BCUT2D eigenvalue weighted by Crippen LogP contribution is -2.50. The highest BCUT2D eigenvalue weighted by atomic mass is 79.9. The molecule has 2 atom stereocenters. The van der Waals surface area contributed by atoms with E-state index in [1.807, 2.05) is 0 Å². The van der Waals surface area contributed by atoms with Crippen LogP contribution in [0.1, 0.15) is 27.7 Å². The second kappa shape index (κ2) is 7.58. The van der Waals surface area contributed by atoms with E-state index >= 15 is 0 Å². The number of aliphatic hydroxyl groups is 1. The van der Waals surface area contributed by atoms with Crippen molar-refractivity contribution in [3.8, 4) is 0 Å². The Hall–Kier alpha value is -0.820. The fourth-order valence-electron chi connectivity index (χ4n) is 1.04. The minimum Gasteiger partial charge on any atom is -0.463 e. The monoisotopic (exact) mass is 325 g/mol. The summed E-state index contributed by atoms with van der Waals surface area (Å²) in [5.41, 5.74) is -0.674. The molecule has 0 spiro atoms. The van der Waals surface area contributed by atoms with Gasteiger partial charge in [0, 0.05) is 5.33 Å². The fourth-order valence-corrected chi connectivity index (χ4v) is 1.20. The molecule has 0 radical (unpaired) electrons. The molecule has 0 aromatic carbocycles. The van der Waals surface area contributed by atoms with Gasteiger partial charge in [0.2, 0.25) is 0 Å². The van der Waals surface area contributed by atoms with Gasteiger partial charge in [-0.2, -0.15) is 0 Å². The zero-order valence-corrected chi connectivity index (χ0v) is 12.6. The summed E-state index contributed by atoms with van der Waals surface area (Å²) in [5, 5.41) is 12.2. The first-order chi connectivity index (χ1) is 8.17. The molecule has 0 aliphatic carbocycles. The molecule has 7 heteroatoms. The molecular weight excluding hydrogens is 306 g/mol. The molecule has 2 N–H and O–H groups in total. The molecule has 0 aliphatic heterocycles. The van der Waals surface area contributed by atoms with Crippen LogP contribution in [-0.2, 0) is 14.3 Å². The lowest BCUT2D eigenvalue weighted by molar-refractivity contribution is -0.148.